The molecule has 0 saturated carbocycles. The lowest BCUT2D eigenvalue weighted by molar-refractivity contribution is 0.0685. The lowest BCUT2D eigenvalue weighted by atomic mass is 9.90. The zero-order valence-electron chi connectivity index (χ0n) is 18.2. The summed E-state index contributed by atoms with van der Waals surface area (Å²) in [7, 11) is 0. The summed E-state index contributed by atoms with van der Waals surface area (Å²) in [4.78, 5) is 21.9. The van der Waals surface area contributed by atoms with E-state index in [9.17, 15) is 4.79 Å². The average Bonchev–Trinajstić information content (AvgIpc) is 2.82. The van der Waals surface area contributed by atoms with Gasteiger partial charge in [0.25, 0.3) is 5.91 Å². The van der Waals surface area contributed by atoms with E-state index in [0.717, 1.165) is 68.0 Å². The fraction of sp³-hybridized carbons (Fsp3) is 0.462. The van der Waals surface area contributed by atoms with Gasteiger partial charge in [0.2, 0.25) is 0 Å². The fourth-order valence-corrected chi connectivity index (χ4v) is 4.29. The van der Waals surface area contributed by atoms with E-state index in [0.29, 0.717) is 0 Å². The average molecular weight is 417 g/mol. The highest BCUT2D eigenvalue weighted by Gasteiger charge is 2.23. The number of likely N-dealkylation sites (tertiary alicyclic amines) is 1. The smallest absolute Gasteiger partial charge is 0.253 e. The summed E-state index contributed by atoms with van der Waals surface area (Å²) in [5, 5.41) is 4.00. The van der Waals surface area contributed by atoms with E-state index in [1.807, 2.05) is 53.6 Å². The van der Waals surface area contributed by atoms with Crippen LogP contribution in [0.25, 0.3) is 4.95 Å². The highest BCUT2D eigenvalue weighted by Crippen LogP contribution is 2.24. The molecule has 2 heterocycles. The van der Waals surface area contributed by atoms with Crippen molar-refractivity contribution in [2.24, 2.45) is 11.0 Å². The lowest BCUT2D eigenvalue weighted by Gasteiger charge is -2.32. The second-order valence-electron chi connectivity index (χ2n) is 8.36. The SMILES string of the molecule is [C-]#[N+]/N=C(\CCCCCCC1CCN(C(=O)c2ccccc2)CC1)Cc1cccnc1. The molecule has 3 rings (SSSR count). The number of rotatable bonds is 10. The van der Waals surface area contributed by atoms with E-state index in [4.69, 9.17) is 6.57 Å². The third kappa shape index (κ3) is 7.64. The number of hydrogen-bond acceptors (Lipinski definition) is 3. The second-order valence-corrected chi connectivity index (χ2v) is 8.36. The Bertz CT molecular complexity index is 865. The number of hydrogen-bond donors (Lipinski definition) is 0. The number of piperidine rings is 1. The number of pyridine rings is 1. The molecule has 31 heavy (non-hydrogen) atoms. The summed E-state index contributed by atoms with van der Waals surface area (Å²) in [6, 6.07) is 13.6. The number of nitrogens with zero attached hydrogens (tertiary/aromatic N) is 4. The van der Waals surface area contributed by atoms with Crippen molar-refractivity contribution in [1.82, 2.24) is 9.88 Å². The van der Waals surface area contributed by atoms with Crippen molar-refractivity contribution in [3.8, 4) is 0 Å². The molecule has 1 aromatic carbocycles. The second kappa shape index (κ2) is 12.6. The van der Waals surface area contributed by atoms with Crippen molar-refractivity contribution in [3.63, 3.8) is 0 Å². The molecule has 0 aliphatic carbocycles. The first-order valence-corrected chi connectivity index (χ1v) is 11.4. The standard InChI is InChI=1S/C26H32N4O/c1-27-29-25(20-23-11-9-17-28-21-23)14-8-3-2-5-10-22-15-18-30(19-16-22)26(31)24-12-6-4-7-13-24/h4,6-7,9,11-13,17,21-22H,2-3,5,8,10,14-16,18-20H2/b29-25+. The van der Waals surface area contributed by atoms with Gasteiger partial charge in [-0.2, -0.15) is 6.57 Å². The number of aromatic nitrogens is 1. The monoisotopic (exact) mass is 416 g/mol. The van der Waals surface area contributed by atoms with Gasteiger partial charge in [-0.25, -0.2) is 0 Å². The summed E-state index contributed by atoms with van der Waals surface area (Å²) < 4.78 is 0. The van der Waals surface area contributed by atoms with E-state index >= 15 is 0 Å². The van der Waals surface area contributed by atoms with Crippen molar-refractivity contribution in [2.75, 3.05) is 13.1 Å². The summed E-state index contributed by atoms with van der Waals surface area (Å²) in [6.07, 6.45) is 13.4. The van der Waals surface area contributed by atoms with Crippen molar-refractivity contribution in [2.45, 2.75) is 57.8 Å². The molecule has 0 spiro atoms. The molecule has 1 aromatic heterocycles. The summed E-state index contributed by atoms with van der Waals surface area (Å²) in [5.74, 6) is 0.909. The molecule has 0 unspecified atom stereocenters. The van der Waals surface area contributed by atoms with E-state index in [1.165, 1.54) is 25.7 Å². The van der Waals surface area contributed by atoms with Crippen LogP contribution in [0.1, 0.15) is 67.3 Å². The molecule has 1 fully saturated rings. The Kier molecular flexibility index (Phi) is 9.25. The molecule has 0 bridgehead atoms. The first-order valence-electron chi connectivity index (χ1n) is 11.4. The number of unbranched alkanes of at least 4 members (excludes halogenated alkanes) is 3. The van der Waals surface area contributed by atoms with Crippen LogP contribution in [-0.2, 0) is 6.42 Å². The molecule has 2 aromatic rings. The van der Waals surface area contributed by atoms with Gasteiger partial charge in [0.05, 0.1) is 5.10 Å². The molecule has 162 valence electrons. The molecule has 1 saturated heterocycles. The minimum Gasteiger partial charge on any atom is -0.339 e. The topological polar surface area (TPSA) is 49.9 Å². The summed E-state index contributed by atoms with van der Waals surface area (Å²) in [6.45, 7) is 8.80. The highest BCUT2D eigenvalue weighted by atomic mass is 16.2. The Hall–Kier alpha value is -3.00. The van der Waals surface area contributed by atoms with Gasteiger partial charge in [0.15, 0.2) is 0 Å². The Morgan fingerprint density at radius 1 is 1.06 bits per heavy atom. The zero-order valence-corrected chi connectivity index (χ0v) is 18.2. The van der Waals surface area contributed by atoms with Crippen molar-refractivity contribution >= 4 is 11.6 Å². The molecule has 1 aliphatic heterocycles. The Labute approximate surface area is 186 Å². The van der Waals surface area contributed by atoms with Gasteiger partial charge >= 0.3 is 0 Å². The van der Waals surface area contributed by atoms with E-state index in [2.05, 4.69) is 15.0 Å². The van der Waals surface area contributed by atoms with Gasteiger partial charge in [-0.15, -0.1) is 4.95 Å². The molecule has 1 amide bonds. The molecule has 5 heteroatoms. The molecular formula is C26H32N4O. The number of amides is 1. The predicted octanol–water partition coefficient (Wildman–Crippen LogP) is 5.79. The Balaban J connectivity index is 1.28. The molecule has 1 aliphatic rings. The third-order valence-corrected chi connectivity index (χ3v) is 6.07. The fourth-order valence-electron chi connectivity index (χ4n) is 4.29. The van der Waals surface area contributed by atoms with Crippen LogP contribution < -0.4 is 0 Å². The lowest BCUT2D eigenvalue weighted by Crippen LogP contribution is -2.38. The minimum absolute atomic E-state index is 0.169. The zero-order chi connectivity index (χ0) is 21.7. The van der Waals surface area contributed by atoms with Crippen LogP contribution >= 0.6 is 0 Å². The van der Waals surface area contributed by atoms with Crippen molar-refractivity contribution < 1.29 is 4.79 Å². The normalized spacial score (nSPS) is 14.9. The van der Waals surface area contributed by atoms with Crippen LogP contribution in [0, 0.1) is 12.5 Å². The number of benzene rings is 1. The maximum absolute atomic E-state index is 12.5. The van der Waals surface area contributed by atoms with Gasteiger partial charge in [-0.3, -0.25) is 9.78 Å². The summed E-state index contributed by atoms with van der Waals surface area (Å²) >= 11 is 0. The number of carbonyl (C=O) groups is 1. The molecular weight excluding hydrogens is 384 g/mol. The molecule has 0 atom stereocenters. The third-order valence-electron chi connectivity index (χ3n) is 6.07. The number of carbonyl (C=O) groups excluding carboxylic acids is 1. The first-order chi connectivity index (χ1) is 15.3. The predicted molar refractivity (Wildman–Crippen MR) is 125 cm³/mol. The van der Waals surface area contributed by atoms with E-state index < -0.39 is 0 Å². The summed E-state index contributed by atoms with van der Waals surface area (Å²) in [5.41, 5.74) is 2.87. The van der Waals surface area contributed by atoms with E-state index in [-0.39, 0.29) is 5.91 Å². The quantitative estimate of drug-likeness (QED) is 0.213. The van der Waals surface area contributed by atoms with Gasteiger partial charge in [0, 0.05) is 37.5 Å². The van der Waals surface area contributed by atoms with Crippen LogP contribution in [0.5, 0.6) is 0 Å². The van der Waals surface area contributed by atoms with Crippen LogP contribution in [0.2, 0.25) is 0 Å². The van der Waals surface area contributed by atoms with E-state index in [1.54, 1.807) is 6.20 Å². The molecule has 0 radical (unpaired) electrons. The van der Waals surface area contributed by atoms with Gasteiger partial charge < -0.3 is 4.90 Å². The van der Waals surface area contributed by atoms with Gasteiger partial charge in [0.1, 0.15) is 5.71 Å². The largest absolute Gasteiger partial charge is 0.339 e. The maximum Gasteiger partial charge on any atom is 0.253 e. The van der Waals surface area contributed by atoms with Crippen LogP contribution in [-0.4, -0.2) is 34.6 Å². The van der Waals surface area contributed by atoms with Crippen LogP contribution in [0.15, 0.2) is 60.0 Å². The highest BCUT2D eigenvalue weighted by molar-refractivity contribution is 5.94. The maximum atomic E-state index is 12.5. The minimum atomic E-state index is 0.169. The van der Waals surface area contributed by atoms with Crippen LogP contribution in [0.3, 0.4) is 0 Å². The molecule has 5 nitrogen and oxygen atoms in total. The Morgan fingerprint density at radius 3 is 2.55 bits per heavy atom. The van der Waals surface area contributed by atoms with Gasteiger partial charge in [-0.1, -0.05) is 49.9 Å². The Morgan fingerprint density at radius 2 is 1.84 bits per heavy atom. The first kappa shape index (κ1) is 22.7. The molecule has 0 N–H and O–H groups in total. The van der Waals surface area contributed by atoms with Gasteiger partial charge in [-0.05, 0) is 55.4 Å². The van der Waals surface area contributed by atoms with Crippen LogP contribution in [0.4, 0.5) is 0 Å². The van der Waals surface area contributed by atoms with Crippen molar-refractivity contribution in [1.29, 1.82) is 0 Å². The van der Waals surface area contributed by atoms with Crippen molar-refractivity contribution in [3.05, 3.63) is 77.5 Å².